The summed E-state index contributed by atoms with van der Waals surface area (Å²) in [5.41, 5.74) is 5.47. The largest absolute Gasteiger partial charge is 0.573 e. The van der Waals surface area contributed by atoms with Gasteiger partial charge in [0.05, 0.1) is 0 Å². The van der Waals surface area contributed by atoms with Gasteiger partial charge >= 0.3 is 6.36 Å². The third-order valence-corrected chi connectivity index (χ3v) is 2.05. The molecular weight excluding hydrogens is 261 g/mol. The fraction of sp³-hybridized carbons (Fsp3) is 0.0833. The van der Waals surface area contributed by atoms with Crippen LogP contribution in [0.5, 0.6) is 17.2 Å². The van der Waals surface area contributed by atoms with Crippen molar-refractivity contribution in [2.45, 2.75) is 6.36 Å². The molecule has 2 N–H and O–H groups in total. The Labute approximate surface area is 106 Å². The number of benzene rings is 1. The van der Waals surface area contributed by atoms with Crippen LogP contribution in [0.15, 0.2) is 42.6 Å². The van der Waals surface area contributed by atoms with Crippen LogP contribution in [0.25, 0.3) is 0 Å². The SMILES string of the molecule is Nc1cc(Oc2ccc(OC(F)(F)F)cc2)ccn1. The Kier molecular flexibility index (Phi) is 3.46. The van der Waals surface area contributed by atoms with Crippen LogP contribution in [0.3, 0.4) is 0 Å². The van der Waals surface area contributed by atoms with Crippen molar-refractivity contribution in [2.75, 3.05) is 5.73 Å². The smallest absolute Gasteiger partial charge is 0.457 e. The van der Waals surface area contributed by atoms with Gasteiger partial charge in [0.1, 0.15) is 23.1 Å². The normalized spacial score (nSPS) is 11.1. The summed E-state index contributed by atoms with van der Waals surface area (Å²) < 4.78 is 45.0. The van der Waals surface area contributed by atoms with Crippen LogP contribution in [0.1, 0.15) is 0 Å². The molecule has 2 rings (SSSR count). The lowest BCUT2D eigenvalue weighted by atomic mass is 10.3. The number of nitrogen functional groups attached to an aromatic ring is 1. The molecule has 19 heavy (non-hydrogen) atoms. The van der Waals surface area contributed by atoms with Crippen molar-refractivity contribution in [1.29, 1.82) is 0 Å². The maximum Gasteiger partial charge on any atom is 0.573 e. The van der Waals surface area contributed by atoms with E-state index >= 15 is 0 Å². The highest BCUT2D eigenvalue weighted by Gasteiger charge is 2.30. The van der Waals surface area contributed by atoms with E-state index in [1.54, 1.807) is 6.07 Å². The molecule has 0 saturated carbocycles. The summed E-state index contributed by atoms with van der Waals surface area (Å²) in [6, 6.07) is 8.12. The van der Waals surface area contributed by atoms with Crippen LogP contribution < -0.4 is 15.2 Å². The number of ether oxygens (including phenoxy) is 2. The third kappa shape index (κ3) is 4.06. The first-order chi connectivity index (χ1) is 8.92. The summed E-state index contributed by atoms with van der Waals surface area (Å²) in [5.74, 6) is 0.778. The number of aromatic nitrogens is 1. The lowest BCUT2D eigenvalue weighted by molar-refractivity contribution is -0.274. The summed E-state index contributed by atoms with van der Waals surface area (Å²) in [4.78, 5) is 3.79. The minimum absolute atomic E-state index is 0.287. The third-order valence-electron chi connectivity index (χ3n) is 2.05. The molecule has 0 spiro atoms. The summed E-state index contributed by atoms with van der Waals surface area (Å²) >= 11 is 0. The van der Waals surface area contributed by atoms with Crippen molar-refractivity contribution in [3.05, 3.63) is 42.6 Å². The monoisotopic (exact) mass is 270 g/mol. The summed E-state index contributed by atoms with van der Waals surface area (Å²) in [6.07, 6.45) is -3.24. The molecule has 100 valence electrons. The molecule has 0 atom stereocenters. The molecule has 0 amide bonds. The molecule has 0 aliphatic rings. The van der Waals surface area contributed by atoms with E-state index < -0.39 is 6.36 Å². The molecule has 7 heteroatoms. The Hall–Kier alpha value is -2.44. The molecule has 1 heterocycles. The fourth-order valence-corrected chi connectivity index (χ4v) is 1.34. The number of hydrogen-bond acceptors (Lipinski definition) is 4. The number of pyridine rings is 1. The first-order valence-electron chi connectivity index (χ1n) is 5.17. The summed E-state index contributed by atoms with van der Waals surface area (Å²) in [5, 5.41) is 0. The Balaban J connectivity index is 2.07. The van der Waals surface area contributed by atoms with E-state index in [4.69, 9.17) is 10.5 Å². The van der Waals surface area contributed by atoms with E-state index in [1.807, 2.05) is 0 Å². The van der Waals surface area contributed by atoms with Crippen LogP contribution >= 0.6 is 0 Å². The van der Waals surface area contributed by atoms with Gasteiger partial charge in [0, 0.05) is 12.3 Å². The maximum atomic E-state index is 12.0. The van der Waals surface area contributed by atoms with Crippen molar-refractivity contribution < 1.29 is 22.6 Å². The molecule has 1 aromatic carbocycles. The summed E-state index contributed by atoms with van der Waals surface area (Å²) in [6.45, 7) is 0. The van der Waals surface area contributed by atoms with Gasteiger partial charge in [0.25, 0.3) is 0 Å². The van der Waals surface area contributed by atoms with E-state index in [2.05, 4.69) is 9.72 Å². The lowest BCUT2D eigenvalue weighted by Crippen LogP contribution is -2.16. The fourth-order valence-electron chi connectivity index (χ4n) is 1.34. The van der Waals surface area contributed by atoms with Gasteiger partial charge in [-0.15, -0.1) is 13.2 Å². The zero-order chi connectivity index (χ0) is 13.9. The Bertz CT molecular complexity index is 556. The molecule has 0 saturated heterocycles. The van der Waals surface area contributed by atoms with Crippen LogP contribution in [0.2, 0.25) is 0 Å². The minimum atomic E-state index is -4.71. The Morgan fingerprint density at radius 1 is 0.947 bits per heavy atom. The predicted octanol–water partition coefficient (Wildman–Crippen LogP) is 3.35. The Morgan fingerprint density at radius 3 is 2.16 bits per heavy atom. The van der Waals surface area contributed by atoms with Crippen LogP contribution in [-0.4, -0.2) is 11.3 Å². The first kappa shape index (κ1) is 13.0. The highest BCUT2D eigenvalue weighted by Crippen LogP contribution is 2.27. The molecule has 0 bridgehead atoms. The maximum absolute atomic E-state index is 12.0. The van der Waals surface area contributed by atoms with Crippen molar-refractivity contribution in [3.63, 3.8) is 0 Å². The van der Waals surface area contributed by atoms with E-state index in [0.717, 1.165) is 12.1 Å². The topological polar surface area (TPSA) is 57.4 Å². The zero-order valence-corrected chi connectivity index (χ0v) is 9.52. The van der Waals surface area contributed by atoms with E-state index in [0.29, 0.717) is 11.5 Å². The Morgan fingerprint density at radius 2 is 1.58 bits per heavy atom. The number of rotatable bonds is 3. The zero-order valence-electron chi connectivity index (χ0n) is 9.52. The van der Waals surface area contributed by atoms with Crippen LogP contribution in [-0.2, 0) is 0 Å². The number of anilines is 1. The molecule has 2 aromatic rings. The minimum Gasteiger partial charge on any atom is -0.457 e. The summed E-state index contributed by atoms with van der Waals surface area (Å²) in [7, 11) is 0. The van der Waals surface area contributed by atoms with Gasteiger partial charge in [0.2, 0.25) is 0 Å². The molecule has 0 aliphatic carbocycles. The lowest BCUT2D eigenvalue weighted by Gasteiger charge is -2.10. The van der Waals surface area contributed by atoms with Gasteiger partial charge in [-0.2, -0.15) is 0 Å². The van der Waals surface area contributed by atoms with E-state index in [-0.39, 0.29) is 11.6 Å². The van der Waals surface area contributed by atoms with E-state index in [1.165, 1.54) is 24.4 Å². The molecular formula is C12H9F3N2O2. The predicted molar refractivity (Wildman–Crippen MR) is 61.8 cm³/mol. The van der Waals surface area contributed by atoms with Crippen LogP contribution in [0, 0.1) is 0 Å². The molecule has 0 radical (unpaired) electrons. The van der Waals surface area contributed by atoms with Crippen molar-refractivity contribution in [1.82, 2.24) is 4.98 Å². The van der Waals surface area contributed by atoms with Crippen molar-refractivity contribution >= 4 is 5.82 Å². The van der Waals surface area contributed by atoms with Gasteiger partial charge in [-0.3, -0.25) is 0 Å². The molecule has 0 aliphatic heterocycles. The molecule has 1 aromatic heterocycles. The average molecular weight is 270 g/mol. The quantitative estimate of drug-likeness (QED) is 0.929. The second-order valence-electron chi connectivity index (χ2n) is 3.54. The van der Waals surface area contributed by atoms with Gasteiger partial charge in [-0.05, 0) is 30.3 Å². The van der Waals surface area contributed by atoms with Crippen LogP contribution in [0.4, 0.5) is 19.0 Å². The highest BCUT2D eigenvalue weighted by atomic mass is 19.4. The van der Waals surface area contributed by atoms with Gasteiger partial charge < -0.3 is 15.2 Å². The standard InChI is InChI=1S/C12H9F3N2O2/c13-12(14,15)19-9-3-1-8(2-4-9)18-10-5-6-17-11(16)7-10/h1-7H,(H2,16,17). The van der Waals surface area contributed by atoms with Gasteiger partial charge in [0.15, 0.2) is 0 Å². The first-order valence-corrected chi connectivity index (χ1v) is 5.17. The molecule has 0 unspecified atom stereocenters. The molecule has 0 fully saturated rings. The second kappa shape index (κ2) is 5.05. The number of nitrogens with zero attached hydrogens (tertiary/aromatic N) is 1. The highest BCUT2D eigenvalue weighted by molar-refractivity contribution is 5.40. The second-order valence-corrected chi connectivity index (χ2v) is 3.54. The van der Waals surface area contributed by atoms with Gasteiger partial charge in [-0.1, -0.05) is 0 Å². The number of alkyl halides is 3. The number of nitrogens with two attached hydrogens (primary N) is 1. The van der Waals surface area contributed by atoms with Crippen molar-refractivity contribution in [3.8, 4) is 17.2 Å². The molecule has 4 nitrogen and oxygen atoms in total. The van der Waals surface area contributed by atoms with Crippen molar-refractivity contribution in [2.24, 2.45) is 0 Å². The average Bonchev–Trinajstić information content (AvgIpc) is 2.30. The van der Waals surface area contributed by atoms with Gasteiger partial charge in [-0.25, -0.2) is 4.98 Å². The number of hydrogen-bond donors (Lipinski definition) is 1. The number of halogens is 3. The van der Waals surface area contributed by atoms with E-state index in [9.17, 15) is 13.2 Å².